The van der Waals surface area contributed by atoms with Crippen molar-refractivity contribution in [3.05, 3.63) is 0 Å². The summed E-state index contributed by atoms with van der Waals surface area (Å²) in [4.78, 5) is 10.7. The highest BCUT2D eigenvalue weighted by atomic mass is 16.4. The third kappa shape index (κ3) is 1.15. The Morgan fingerprint density at radius 1 is 1.54 bits per heavy atom. The van der Waals surface area contributed by atoms with Gasteiger partial charge in [0.15, 0.2) is 5.41 Å². The summed E-state index contributed by atoms with van der Waals surface area (Å²) >= 11 is 0. The van der Waals surface area contributed by atoms with Crippen molar-refractivity contribution in [2.45, 2.75) is 19.8 Å². The molecular formula is C9H10N2O2. The van der Waals surface area contributed by atoms with Gasteiger partial charge in [0.05, 0.1) is 18.1 Å². The molecular weight excluding hydrogens is 168 g/mol. The number of carboxylic acid groups (broad SMARTS) is 1. The third-order valence-electron chi connectivity index (χ3n) is 2.60. The van der Waals surface area contributed by atoms with Gasteiger partial charge in [0.25, 0.3) is 0 Å². The summed E-state index contributed by atoms with van der Waals surface area (Å²) in [6, 6.07) is 3.65. The smallest absolute Gasteiger partial charge is 0.309 e. The van der Waals surface area contributed by atoms with Crippen molar-refractivity contribution >= 4 is 5.97 Å². The SMILES string of the molecule is CCC[C@@H]1[C@@H](C(=O)O)C1(C#N)C#N. The Morgan fingerprint density at radius 3 is 2.31 bits per heavy atom. The Bertz CT molecular complexity index is 297. The minimum Gasteiger partial charge on any atom is -0.481 e. The van der Waals surface area contributed by atoms with Gasteiger partial charge in [-0.2, -0.15) is 10.5 Å². The van der Waals surface area contributed by atoms with E-state index in [1.165, 1.54) is 0 Å². The van der Waals surface area contributed by atoms with Crippen LogP contribution in [0.25, 0.3) is 0 Å². The van der Waals surface area contributed by atoms with E-state index in [0.29, 0.717) is 6.42 Å². The number of carboxylic acids is 1. The maximum atomic E-state index is 10.7. The molecule has 0 bridgehead atoms. The molecule has 0 radical (unpaired) electrons. The first-order valence-electron chi connectivity index (χ1n) is 4.19. The molecule has 0 saturated heterocycles. The van der Waals surface area contributed by atoms with Crippen molar-refractivity contribution < 1.29 is 9.90 Å². The molecule has 13 heavy (non-hydrogen) atoms. The Kier molecular flexibility index (Phi) is 2.25. The number of hydrogen-bond donors (Lipinski definition) is 1. The molecule has 0 spiro atoms. The average Bonchev–Trinajstić information content (AvgIpc) is 2.75. The highest BCUT2D eigenvalue weighted by molar-refractivity contribution is 5.78. The fourth-order valence-corrected chi connectivity index (χ4v) is 1.86. The van der Waals surface area contributed by atoms with E-state index in [1.54, 1.807) is 0 Å². The molecule has 1 rings (SSSR count). The predicted octanol–water partition coefficient (Wildman–Crippen LogP) is 1.15. The molecule has 1 aliphatic rings. The van der Waals surface area contributed by atoms with Crippen LogP contribution in [0.2, 0.25) is 0 Å². The topological polar surface area (TPSA) is 84.9 Å². The van der Waals surface area contributed by atoms with Gasteiger partial charge in [-0.1, -0.05) is 13.3 Å². The van der Waals surface area contributed by atoms with Crippen LogP contribution in [0.1, 0.15) is 19.8 Å². The van der Waals surface area contributed by atoms with Gasteiger partial charge in [-0.15, -0.1) is 0 Å². The van der Waals surface area contributed by atoms with E-state index in [9.17, 15) is 4.79 Å². The molecule has 4 nitrogen and oxygen atoms in total. The summed E-state index contributed by atoms with van der Waals surface area (Å²) in [6.45, 7) is 1.91. The van der Waals surface area contributed by atoms with Gasteiger partial charge in [-0.05, 0) is 6.42 Å². The normalized spacial score (nSPS) is 28.5. The summed E-state index contributed by atoms with van der Waals surface area (Å²) in [6.07, 6.45) is 1.44. The zero-order valence-corrected chi connectivity index (χ0v) is 7.32. The molecule has 4 heteroatoms. The summed E-state index contributed by atoms with van der Waals surface area (Å²) < 4.78 is 0. The number of hydrogen-bond acceptors (Lipinski definition) is 3. The maximum absolute atomic E-state index is 10.7. The molecule has 2 atom stereocenters. The number of aliphatic carboxylic acids is 1. The molecule has 0 aromatic heterocycles. The van der Waals surface area contributed by atoms with E-state index in [4.69, 9.17) is 15.6 Å². The first kappa shape index (κ1) is 9.54. The van der Waals surface area contributed by atoms with Crippen molar-refractivity contribution in [1.82, 2.24) is 0 Å². The highest BCUT2D eigenvalue weighted by Gasteiger charge is 2.69. The van der Waals surface area contributed by atoms with Gasteiger partial charge >= 0.3 is 5.97 Å². The summed E-state index contributed by atoms with van der Waals surface area (Å²) in [7, 11) is 0. The lowest BCUT2D eigenvalue weighted by molar-refractivity contribution is -0.139. The molecule has 1 aliphatic carbocycles. The number of carbonyl (C=O) groups is 1. The molecule has 0 amide bonds. The summed E-state index contributed by atoms with van der Waals surface area (Å²) in [5.74, 6) is -2.08. The zero-order valence-electron chi connectivity index (χ0n) is 7.32. The van der Waals surface area contributed by atoms with Crippen LogP contribution in [0.5, 0.6) is 0 Å². The first-order valence-corrected chi connectivity index (χ1v) is 4.19. The average molecular weight is 178 g/mol. The van der Waals surface area contributed by atoms with E-state index in [2.05, 4.69) is 0 Å². The minimum absolute atomic E-state index is 0.273. The summed E-state index contributed by atoms with van der Waals surface area (Å²) in [5.41, 5.74) is -1.25. The van der Waals surface area contributed by atoms with E-state index >= 15 is 0 Å². The second kappa shape index (κ2) is 3.06. The lowest BCUT2D eigenvalue weighted by Gasteiger charge is -1.92. The van der Waals surface area contributed by atoms with Gasteiger partial charge in [-0.25, -0.2) is 0 Å². The van der Waals surface area contributed by atoms with Crippen LogP contribution in [-0.2, 0) is 4.79 Å². The van der Waals surface area contributed by atoms with Crippen LogP contribution in [0, 0.1) is 39.9 Å². The minimum atomic E-state index is -1.25. The van der Waals surface area contributed by atoms with Crippen molar-refractivity contribution in [2.24, 2.45) is 17.3 Å². The quantitative estimate of drug-likeness (QED) is 0.702. The fourth-order valence-electron chi connectivity index (χ4n) is 1.86. The Morgan fingerprint density at radius 2 is 2.08 bits per heavy atom. The fraction of sp³-hybridized carbons (Fsp3) is 0.667. The van der Waals surface area contributed by atoms with Crippen LogP contribution in [0.15, 0.2) is 0 Å². The lowest BCUT2D eigenvalue weighted by Crippen LogP contribution is -2.05. The van der Waals surface area contributed by atoms with E-state index < -0.39 is 17.3 Å². The molecule has 0 unspecified atom stereocenters. The second-order valence-electron chi connectivity index (χ2n) is 3.30. The van der Waals surface area contributed by atoms with Crippen LogP contribution in [0.4, 0.5) is 0 Å². The van der Waals surface area contributed by atoms with Crippen molar-refractivity contribution in [3.8, 4) is 12.1 Å². The van der Waals surface area contributed by atoms with Crippen molar-refractivity contribution in [2.75, 3.05) is 0 Å². The Balaban J connectivity index is 2.85. The van der Waals surface area contributed by atoms with Crippen molar-refractivity contribution in [1.29, 1.82) is 10.5 Å². The zero-order chi connectivity index (χ0) is 10.1. The molecule has 0 aliphatic heterocycles. The standard InChI is InChI=1S/C9H10N2O2/c1-2-3-6-7(8(12)13)9(6,4-10)5-11/h6-7H,2-3H2,1H3,(H,12,13)/t6-,7+/m1/s1. The predicted molar refractivity (Wildman–Crippen MR) is 43.2 cm³/mol. The van der Waals surface area contributed by atoms with E-state index in [1.807, 2.05) is 19.1 Å². The number of nitrogens with zero attached hydrogens (tertiary/aromatic N) is 2. The Hall–Kier alpha value is -1.55. The molecule has 68 valence electrons. The molecule has 0 heterocycles. The van der Waals surface area contributed by atoms with E-state index in [0.717, 1.165) is 6.42 Å². The third-order valence-corrected chi connectivity index (χ3v) is 2.60. The van der Waals surface area contributed by atoms with Gasteiger partial charge in [-0.3, -0.25) is 4.79 Å². The molecule has 0 aromatic carbocycles. The second-order valence-corrected chi connectivity index (χ2v) is 3.30. The van der Waals surface area contributed by atoms with Crippen LogP contribution in [0.3, 0.4) is 0 Å². The Labute approximate surface area is 76.4 Å². The number of rotatable bonds is 3. The first-order chi connectivity index (χ1) is 6.14. The van der Waals surface area contributed by atoms with Gasteiger partial charge in [0, 0.05) is 5.92 Å². The lowest BCUT2D eigenvalue weighted by atomic mass is 10.1. The van der Waals surface area contributed by atoms with Crippen LogP contribution >= 0.6 is 0 Å². The molecule has 0 aromatic rings. The monoisotopic (exact) mass is 178 g/mol. The van der Waals surface area contributed by atoms with Gasteiger partial charge in [0.1, 0.15) is 0 Å². The number of nitriles is 2. The van der Waals surface area contributed by atoms with Crippen LogP contribution in [-0.4, -0.2) is 11.1 Å². The largest absolute Gasteiger partial charge is 0.481 e. The maximum Gasteiger partial charge on any atom is 0.309 e. The summed E-state index contributed by atoms with van der Waals surface area (Å²) in [5, 5.41) is 26.2. The van der Waals surface area contributed by atoms with Gasteiger partial charge < -0.3 is 5.11 Å². The molecule has 1 fully saturated rings. The van der Waals surface area contributed by atoms with E-state index in [-0.39, 0.29) is 5.92 Å². The van der Waals surface area contributed by atoms with Crippen molar-refractivity contribution in [3.63, 3.8) is 0 Å². The van der Waals surface area contributed by atoms with Crippen LogP contribution < -0.4 is 0 Å². The highest BCUT2D eigenvalue weighted by Crippen LogP contribution is 2.60. The molecule has 1 saturated carbocycles. The molecule has 1 N–H and O–H groups in total. The van der Waals surface area contributed by atoms with Gasteiger partial charge in [0.2, 0.25) is 0 Å².